The molecule has 20 heavy (non-hydrogen) atoms. The van der Waals surface area contributed by atoms with Crippen molar-refractivity contribution in [2.24, 2.45) is 0 Å². The number of nitrogens with zero attached hydrogens (tertiary/aromatic N) is 2. The number of hydrogen-bond acceptors (Lipinski definition) is 3. The minimum atomic E-state index is -3.09. The molecular formula is C14H21ClN2O2S. The normalized spacial score (nSPS) is 17.4. The molecule has 1 aliphatic rings. The van der Waals surface area contributed by atoms with E-state index in [2.05, 4.69) is 4.90 Å². The molecule has 4 nitrogen and oxygen atoms in total. The molecule has 1 aromatic carbocycles. The van der Waals surface area contributed by atoms with E-state index in [-0.39, 0.29) is 5.75 Å². The summed E-state index contributed by atoms with van der Waals surface area (Å²) in [6.45, 7) is 4.46. The Hall–Kier alpha value is -0.780. The third-order valence-corrected chi connectivity index (χ3v) is 5.86. The summed E-state index contributed by atoms with van der Waals surface area (Å²) in [7, 11) is -3.09. The maximum Gasteiger partial charge on any atom is 0.214 e. The monoisotopic (exact) mass is 316 g/mol. The van der Waals surface area contributed by atoms with Crippen LogP contribution in [0.4, 0.5) is 5.69 Å². The minimum Gasteiger partial charge on any atom is -0.368 e. The van der Waals surface area contributed by atoms with Crippen LogP contribution in [0.2, 0.25) is 5.02 Å². The van der Waals surface area contributed by atoms with E-state index in [1.807, 2.05) is 31.2 Å². The number of anilines is 1. The van der Waals surface area contributed by atoms with Crippen molar-refractivity contribution in [3.8, 4) is 0 Å². The van der Waals surface area contributed by atoms with E-state index in [0.29, 0.717) is 26.2 Å². The van der Waals surface area contributed by atoms with E-state index in [9.17, 15) is 8.42 Å². The Balaban J connectivity index is 1.98. The zero-order chi connectivity index (χ0) is 14.6. The molecule has 0 N–H and O–H groups in total. The Kier molecular flexibility index (Phi) is 5.29. The van der Waals surface area contributed by atoms with Crippen LogP contribution in [0.3, 0.4) is 0 Å². The highest BCUT2D eigenvalue weighted by molar-refractivity contribution is 7.89. The van der Waals surface area contributed by atoms with Crippen molar-refractivity contribution in [1.82, 2.24) is 4.31 Å². The Bertz CT molecular complexity index is 540. The second-order valence-corrected chi connectivity index (χ2v) is 7.50. The molecule has 0 bridgehead atoms. The SMILES string of the molecule is CCCCS(=O)(=O)N1CCN(c2ccccc2Cl)CC1. The van der Waals surface area contributed by atoms with Crippen LogP contribution in [-0.2, 0) is 10.0 Å². The third kappa shape index (κ3) is 3.65. The first-order valence-corrected chi connectivity index (χ1v) is 9.00. The largest absolute Gasteiger partial charge is 0.368 e. The first-order valence-electron chi connectivity index (χ1n) is 7.02. The molecule has 0 unspecified atom stereocenters. The fourth-order valence-corrected chi connectivity index (χ4v) is 4.26. The molecule has 0 aliphatic carbocycles. The van der Waals surface area contributed by atoms with Crippen molar-refractivity contribution in [2.45, 2.75) is 19.8 Å². The van der Waals surface area contributed by atoms with Crippen LogP contribution >= 0.6 is 11.6 Å². The highest BCUT2D eigenvalue weighted by atomic mass is 35.5. The molecule has 1 aromatic rings. The van der Waals surface area contributed by atoms with Crippen LogP contribution in [0.1, 0.15) is 19.8 Å². The smallest absolute Gasteiger partial charge is 0.214 e. The summed E-state index contributed by atoms with van der Waals surface area (Å²) < 4.78 is 25.9. The lowest BCUT2D eigenvalue weighted by atomic mass is 10.2. The summed E-state index contributed by atoms with van der Waals surface area (Å²) in [5, 5.41) is 0.717. The third-order valence-electron chi connectivity index (χ3n) is 3.58. The van der Waals surface area contributed by atoms with Crippen molar-refractivity contribution in [3.63, 3.8) is 0 Å². The topological polar surface area (TPSA) is 40.6 Å². The Morgan fingerprint density at radius 2 is 1.80 bits per heavy atom. The molecule has 0 saturated carbocycles. The van der Waals surface area contributed by atoms with E-state index >= 15 is 0 Å². The van der Waals surface area contributed by atoms with E-state index in [1.54, 1.807) is 4.31 Å². The summed E-state index contributed by atoms with van der Waals surface area (Å²) in [6, 6.07) is 7.69. The van der Waals surface area contributed by atoms with Crippen LogP contribution in [0.15, 0.2) is 24.3 Å². The summed E-state index contributed by atoms with van der Waals surface area (Å²) >= 11 is 6.18. The average molecular weight is 317 g/mol. The molecular weight excluding hydrogens is 296 g/mol. The zero-order valence-electron chi connectivity index (χ0n) is 11.8. The van der Waals surface area contributed by atoms with Gasteiger partial charge in [-0.25, -0.2) is 8.42 Å². The lowest BCUT2D eigenvalue weighted by molar-refractivity contribution is 0.384. The lowest BCUT2D eigenvalue weighted by Crippen LogP contribution is -2.49. The van der Waals surface area contributed by atoms with Crippen LogP contribution in [0.25, 0.3) is 0 Å². The van der Waals surface area contributed by atoms with Gasteiger partial charge in [-0.05, 0) is 18.6 Å². The summed E-state index contributed by atoms with van der Waals surface area (Å²) in [6.07, 6.45) is 1.63. The average Bonchev–Trinajstić information content (AvgIpc) is 2.46. The van der Waals surface area contributed by atoms with Crippen molar-refractivity contribution < 1.29 is 8.42 Å². The van der Waals surface area contributed by atoms with Gasteiger partial charge in [-0.2, -0.15) is 4.31 Å². The number of para-hydroxylation sites is 1. The standard InChI is InChI=1S/C14H21ClN2O2S/c1-2-3-12-20(18,19)17-10-8-16(9-11-17)14-7-5-4-6-13(14)15/h4-7H,2-3,8-12H2,1H3. The van der Waals surface area contributed by atoms with Crippen LogP contribution in [0, 0.1) is 0 Å². The van der Waals surface area contributed by atoms with Crippen molar-refractivity contribution in [1.29, 1.82) is 0 Å². The van der Waals surface area contributed by atoms with E-state index in [0.717, 1.165) is 23.6 Å². The predicted octanol–water partition coefficient (Wildman–Crippen LogP) is 2.59. The molecule has 112 valence electrons. The Labute approximate surface area is 126 Å². The summed E-state index contributed by atoms with van der Waals surface area (Å²) in [4.78, 5) is 2.15. The summed E-state index contributed by atoms with van der Waals surface area (Å²) in [5.74, 6) is 0.260. The number of hydrogen-bond donors (Lipinski definition) is 0. The second kappa shape index (κ2) is 6.78. The van der Waals surface area contributed by atoms with Gasteiger partial charge in [0.05, 0.1) is 16.5 Å². The number of sulfonamides is 1. The maximum absolute atomic E-state index is 12.1. The van der Waals surface area contributed by atoms with Gasteiger partial charge in [0, 0.05) is 26.2 Å². The number of rotatable bonds is 5. The van der Waals surface area contributed by atoms with Gasteiger partial charge in [0.15, 0.2) is 0 Å². The van der Waals surface area contributed by atoms with Gasteiger partial charge in [-0.15, -0.1) is 0 Å². The number of unbranched alkanes of at least 4 members (excludes halogenated alkanes) is 1. The number of halogens is 1. The van der Waals surface area contributed by atoms with E-state index in [1.165, 1.54) is 0 Å². The van der Waals surface area contributed by atoms with Crippen molar-refractivity contribution >= 4 is 27.3 Å². The van der Waals surface area contributed by atoms with Gasteiger partial charge < -0.3 is 4.90 Å². The molecule has 0 atom stereocenters. The molecule has 1 aliphatic heterocycles. The minimum absolute atomic E-state index is 0.260. The quantitative estimate of drug-likeness (QED) is 0.838. The van der Waals surface area contributed by atoms with Crippen LogP contribution in [0.5, 0.6) is 0 Å². The van der Waals surface area contributed by atoms with E-state index in [4.69, 9.17) is 11.6 Å². The second-order valence-electron chi connectivity index (χ2n) is 5.01. The molecule has 1 fully saturated rings. The molecule has 0 radical (unpaired) electrons. The van der Waals surface area contributed by atoms with Gasteiger partial charge in [-0.3, -0.25) is 0 Å². The molecule has 2 rings (SSSR count). The first-order chi connectivity index (χ1) is 9.54. The maximum atomic E-state index is 12.1. The predicted molar refractivity (Wildman–Crippen MR) is 83.9 cm³/mol. The number of piperazine rings is 1. The highest BCUT2D eigenvalue weighted by Crippen LogP contribution is 2.26. The highest BCUT2D eigenvalue weighted by Gasteiger charge is 2.26. The Morgan fingerprint density at radius 1 is 1.15 bits per heavy atom. The van der Waals surface area contributed by atoms with Gasteiger partial charge >= 0.3 is 0 Å². The van der Waals surface area contributed by atoms with Crippen LogP contribution < -0.4 is 4.90 Å². The molecule has 0 amide bonds. The van der Waals surface area contributed by atoms with Gasteiger partial charge in [0.2, 0.25) is 10.0 Å². The van der Waals surface area contributed by atoms with Crippen molar-refractivity contribution in [2.75, 3.05) is 36.8 Å². The molecule has 1 saturated heterocycles. The van der Waals surface area contributed by atoms with Gasteiger partial charge in [-0.1, -0.05) is 37.1 Å². The molecule has 1 heterocycles. The van der Waals surface area contributed by atoms with Crippen LogP contribution in [-0.4, -0.2) is 44.7 Å². The van der Waals surface area contributed by atoms with Crippen molar-refractivity contribution in [3.05, 3.63) is 29.3 Å². The van der Waals surface area contributed by atoms with E-state index < -0.39 is 10.0 Å². The lowest BCUT2D eigenvalue weighted by Gasteiger charge is -2.35. The Morgan fingerprint density at radius 3 is 2.40 bits per heavy atom. The van der Waals surface area contributed by atoms with Gasteiger partial charge in [0.25, 0.3) is 0 Å². The molecule has 0 aromatic heterocycles. The number of benzene rings is 1. The fraction of sp³-hybridized carbons (Fsp3) is 0.571. The fourth-order valence-electron chi connectivity index (χ4n) is 2.37. The zero-order valence-corrected chi connectivity index (χ0v) is 13.3. The summed E-state index contributed by atoms with van der Waals surface area (Å²) in [5.41, 5.74) is 0.986. The van der Waals surface area contributed by atoms with Gasteiger partial charge in [0.1, 0.15) is 0 Å². The molecule has 0 spiro atoms. The molecule has 6 heteroatoms. The first kappa shape index (κ1) is 15.6.